The summed E-state index contributed by atoms with van der Waals surface area (Å²) in [6.45, 7) is 0. The van der Waals surface area contributed by atoms with Gasteiger partial charge in [-0.2, -0.15) is 0 Å². The number of thiazole rings is 1. The van der Waals surface area contributed by atoms with Crippen LogP contribution in [0.5, 0.6) is 11.5 Å². The van der Waals surface area contributed by atoms with Crippen molar-refractivity contribution in [3.05, 3.63) is 88.9 Å². The second-order valence-electron chi connectivity index (χ2n) is 5.67. The molecule has 0 N–H and O–H groups in total. The third-order valence-electron chi connectivity index (χ3n) is 4.15. The molecule has 4 aromatic rings. The number of rotatable bonds is 1. The van der Waals surface area contributed by atoms with Crippen LogP contribution in [0.3, 0.4) is 0 Å². The molecule has 1 aliphatic rings. The van der Waals surface area contributed by atoms with Crippen LogP contribution in [0.1, 0.15) is 16.1 Å². The topological polar surface area (TPSA) is 22.1 Å². The predicted molar refractivity (Wildman–Crippen MR) is 99.6 cm³/mol. The van der Waals surface area contributed by atoms with Crippen LogP contribution in [0.4, 0.5) is 0 Å². The van der Waals surface area contributed by atoms with Gasteiger partial charge in [0.2, 0.25) is 0 Å². The fourth-order valence-electron chi connectivity index (χ4n) is 3.05. The molecule has 0 fully saturated rings. The number of aromatic nitrogens is 1. The van der Waals surface area contributed by atoms with Crippen molar-refractivity contribution in [1.29, 1.82) is 0 Å². The van der Waals surface area contributed by atoms with E-state index in [0.29, 0.717) is 0 Å². The highest BCUT2D eigenvalue weighted by Crippen LogP contribution is 2.44. The van der Waals surface area contributed by atoms with Crippen LogP contribution in [0.15, 0.2) is 72.8 Å². The summed E-state index contributed by atoms with van der Waals surface area (Å²) >= 11 is 1.71. The lowest BCUT2D eigenvalue weighted by atomic mass is 9.94. The molecule has 0 bridgehead atoms. The second-order valence-corrected chi connectivity index (χ2v) is 6.73. The molecule has 1 aliphatic heterocycles. The maximum Gasteiger partial charge on any atom is 0.135 e. The number of hydrogen-bond donors (Lipinski definition) is 0. The van der Waals surface area contributed by atoms with Crippen molar-refractivity contribution in [2.75, 3.05) is 0 Å². The molecular formula is C21H13NOS. The lowest BCUT2D eigenvalue weighted by Gasteiger charge is -2.22. The molecule has 0 atom stereocenters. The monoisotopic (exact) mass is 327 g/mol. The van der Waals surface area contributed by atoms with Crippen molar-refractivity contribution in [3.8, 4) is 11.5 Å². The molecule has 24 heavy (non-hydrogen) atoms. The van der Waals surface area contributed by atoms with Gasteiger partial charge >= 0.3 is 0 Å². The van der Waals surface area contributed by atoms with Crippen molar-refractivity contribution < 1.29 is 4.74 Å². The van der Waals surface area contributed by atoms with E-state index in [1.807, 2.05) is 42.5 Å². The Morgan fingerprint density at radius 2 is 1.38 bits per heavy atom. The molecule has 2 heterocycles. The lowest BCUT2D eigenvalue weighted by Crippen LogP contribution is -2.01. The maximum atomic E-state index is 6.05. The minimum absolute atomic E-state index is 0.892. The third kappa shape index (κ3) is 2.14. The van der Waals surface area contributed by atoms with Crippen LogP contribution in [-0.2, 0) is 0 Å². The minimum atomic E-state index is 0.892. The Labute approximate surface area is 143 Å². The molecule has 0 spiro atoms. The van der Waals surface area contributed by atoms with Crippen LogP contribution in [0.25, 0.3) is 21.9 Å². The van der Waals surface area contributed by atoms with E-state index >= 15 is 0 Å². The van der Waals surface area contributed by atoms with Gasteiger partial charge in [0.1, 0.15) is 16.5 Å². The summed E-state index contributed by atoms with van der Waals surface area (Å²) in [7, 11) is 0. The Kier molecular flexibility index (Phi) is 3.00. The van der Waals surface area contributed by atoms with Crippen molar-refractivity contribution in [2.24, 2.45) is 0 Å². The third-order valence-corrected chi connectivity index (χ3v) is 5.14. The van der Waals surface area contributed by atoms with Crippen LogP contribution in [-0.4, -0.2) is 4.98 Å². The molecule has 2 nitrogen and oxygen atoms in total. The van der Waals surface area contributed by atoms with Gasteiger partial charge in [-0.05, 0) is 35.9 Å². The highest BCUT2D eigenvalue weighted by atomic mass is 32.1. The maximum absolute atomic E-state index is 6.05. The first-order valence-electron chi connectivity index (χ1n) is 7.82. The lowest BCUT2D eigenvalue weighted by molar-refractivity contribution is 0.474. The number of ether oxygens (including phenoxy) is 1. The zero-order valence-electron chi connectivity index (χ0n) is 12.8. The van der Waals surface area contributed by atoms with E-state index in [9.17, 15) is 0 Å². The highest BCUT2D eigenvalue weighted by molar-refractivity contribution is 7.19. The van der Waals surface area contributed by atoms with Crippen LogP contribution in [0, 0.1) is 0 Å². The van der Waals surface area contributed by atoms with Gasteiger partial charge in [0.05, 0.1) is 10.2 Å². The molecule has 3 aromatic carbocycles. The van der Waals surface area contributed by atoms with Gasteiger partial charge < -0.3 is 4.74 Å². The summed E-state index contributed by atoms with van der Waals surface area (Å²) in [5.41, 5.74) is 4.42. The fourth-order valence-corrected chi connectivity index (χ4v) is 3.96. The summed E-state index contributed by atoms with van der Waals surface area (Å²) in [5.74, 6) is 1.78. The Morgan fingerprint density at radius 1 is 0.750 bits per heavy atom. The standard InChI is InChI=1S/C21H13NOS/c1-4-10-18-14(7-1)16(15-8-2-5-11-19(15)23-18)13-21-22-17-9-3-6-12-20(17)24-21/h1-13H. The first kappa shape index (κ1) is 13.5. The summed E-state index contributed by atoms with van der Waals surface area (Å²) < 4.78 is 7.25. The molecule has 1 aromatic heterocycles. The van der Waals surface area contributed by atoms with Gasteiger partial charge in [-0.15, -0.1) is 11.3 Å². The van der Waals surface area contributed by atoms with Gasteiger partial charge in [0, 0.05) is 11.1 Å². The molecule has 0 saturated heterocycles. The summed E-state index contributed by atoms with van der Waals surface area (Å²) in [6.07, 6.45) is 2.17. The van der Waals surface area contributed by atoms with Crippen molar-refractivity contribution in [3.63, 3.8) is 0 Å². The summed E-state index contributed by atoms with van der Waals surface area (Å²) in [6, 6.07) is 24.6. The van der Waals surface area contributed by atoms with E-state index in [1.54, 1.807) is 11.3 Å². The number of hydrogen-bond acceptors (Lipinski definition) is 3. The van der Waals surface area contributed by atoms with E-state index in [1.165, 1.54) is 4.70 Å². The molecule has 3 heteroatoms. The molecule has 0 amide bonds. The van der Waals surface area contributed by atoms with E-state index in [2.05, 4.69) is 36.4 Å². The van der Waals surface area contributed by atoms with Crippen molar-refractivity contribution in [1.82, 2.24) is 4.98 Å². The largest absolute Gasteiger partial charge is 0.456 e. The summed E-state index contributed by atoms with van der Waals surface area (Å²) in [5, 5.41) is 1.01. The number of benzene rings is 3. The van der Waals surface area contributed by atoms with Crippen molar-refractivity contribution >= 4 is 33.2 Å². The van der Waals surface area contributed by atoms with Crippen LogP contribution in [0.2, 0.25) is 0 Å². The first-order chi connectivity index (χ1) is 11.9. The zero-order chi connectivity index (χ0) is 15.9. The normalized spacial score (nSPS) is 12.4. The molecule has 0 unspecified atom stereocenters. The first-order valence-corrected chi connectivity index (χ1v) is 8.64. The van der Waals surface area contributed by atoms with Crippen molar-refractivity contribution in [2.45, 2.75) is 0 Å². The van der Waals surface area contributed by atoms with E-state index in [0.717, 1.165) is 38.7 Å². The Morgan fingerprint density at radius 3 is 2.08 bits per heavy atom. The van der Waals surface area contributed by atoms with E-state index < -0.39 is 0 Å². The number of fused-ring (bicyclic) bond motifs is 3. The van der Waals surface area contributed by atoms with Gasteiger partial charge in [-0.3, -0.25) is 0 Å². The smallest absolute Gasteiger partial charge is 0.135 e. The number of nitrogens with zero attached hydrogens (tertiary/aromatic N) is 1. The highest BCUT2D eigenvalue weighted by Gasteiger charge is 2.21. The molecule has 0 saturated carbocycles. The van der Waals surface area contributed by atoms with Gasteiger partial charge in [0.15, 0.2) is 0 Å². The molecule has 0 aliphatic carbocycles. The molecule has 5 rings (SSSR count). The zero-order valence-corrected chi connectivity index (χ0v) is 13.6. The quantitative estimate of drug-likeness (QED) is 0.377. The van der Waals surface area contributed by atoms with Gasteiger partial charge in [0.25, 0.3) is 0 Å². The molecular weight excluding hydrogens is 314 g/mol. The molecule has 0 radical (unpaired) electrons. The second kappa shape index (κ2) is 5.32. The minimum Gasteiger partial charge on any atom is -0.456 e. The average molecular weight is 327 g/mol. The van der Waals surface area contributed by atoms with E-state index in [4.69, 9.17) is 9.72 Å². The Hall–Kier alpha value is -2.91. The van der Waals surface area contributed by atoms with Gasteiger partial charge in [-0.25, -0.2) is 4.98 Å². The summed E-state index contributed by atoms with van der Waals surface area (Å²) in [4.78, 5) is 4.75. The van der Waals surface area contributed by atoms with Crippen LogP contribution >= 0.6 is 11.3 Å². The predicted octanol–water partition coefficient (Wildman–Crippen LogP) is 5.99. The van der Waals surface area contributed by atoms with Gasteiger partial charge in [-0.1, -0.05) is 48.5 Å². The fraction of sp³-hybridized carbons (Fsp3) is 0. The van der Waals surface area contributed by atoms with Crippen LogP contribution < -0.4 is 4.74 Å². The molecule has 114 valence electrons. The number of para-hydroxylation sites is 3. The average Bonchev–Trinajstić information content (AvgIpc) is 3.04. The SMILES string of the molecule is C(=C1c2ccccc2Oc2ccccc21)c1nc2ccccc2s1. The Balaban J connectivity index is 1.74. The van der Waals surface area contributed by atoms with E-state index in [-0.39, 0.29) is 0 Å². The Bertz CT molecular complexity index is 1010.